The topological polar surface area (TPSA) is 41.5 Å². The number of hydrogen-bond acceptors (Lipinski definition) is 3. The molecule has 0 amide bonds. The Hall–Kier alpha value is -0.120. The molecule has 0 aromatic heterocycles. The molecule has 1 saturated carbocycles. The van der Waals surface area contributed by atoms with Gasteiger partial charge < -0.3 is 15.2 Å². The summed E-state index contributed by atoms with van der Waals surface area (Å²) < 4.78 is 5.72. The summed E-state index contributed by atoms with van der Waals surface area (Å²) in [6.45, 7) is 3.85. The van der Waals surface area contributed by atoms with Crippen LogP contribution in [0.3, 0.4) is 0 Å². The van der Waals surface area contributed by atoms with Crippen LogP contribution in [0.25, 0.3) is 0 Å². The van der Waals surface area contributed by atoms with Crippen LogP contribution in [-0.2, 0) is 4.74 Å². The molecule has 14 heavy (non-hydrogen) atoms. The van der Waals surface area contributed by atoms with Crippen LogP contribution in [0.15, 0.2) is 0 Å². The highest BCUT2D eigenvalue weighted by atomic mass is 16.5. The maximum absolute atomic E-state index is 9.43. The van der Waals surface area contributed by atoms with Gasteiger partial charge >= 0.3 is 0 Å². The molecule has 2 rings (SSSR count). The maximum Gasteiger partial charge on any atom is 0.0682 e. The van der Waals surface area contributed by atoms with Crippen molar-refractivity contribution in [3.63, 3.8) is 0 Å². The lowest BCUT2D eigenvalue weighted by molar-refractivity contribution is -0.0527. The van der Waals surface area contributed by atoms with E-state index in [1.807, 2.05) is 0 Å². The van der Waals surface area contributed by atoms with Crippen LogP contribution in [0.1, 0.15) is 39.0 Å². The molecule has 1 atom stereocenters. The van der Waals surface area contributed by atoms with Crippen LogP contribution in [0.5, 0.6) is 0 Å². The average molecular weight is 199 g/mol. The van der Waals surface area contributed by atoms with E-state index in [1.54, 1.807) is 0 Å². The number of aliphatic hydroxyl groups excluding tert-OH is 1. The maximum atomic E-state index is 9.43. The quantitative estimate of drug-likeness (QED) is 0.665. The zero-order chi connectivity index (χ0) is 10.0. The summed E-state index contributed by atoms with van der Waals surface area (Å²) in [4.78, 5) is 0. The third-order valence-electron chi connectivity index (χ3n) is 3.43. The van der Waals surface area contributed by atoms with Gasteiger partial charge in [0.15, 0.2) is 0 Å². The Morgan fingerprint density at radius 2 is 2.21 bits per heavy atom. The monoisotopic (exact) mass is 199 g/mol. The largest absolute Gasteiger partial charge is 0.392 e. The van der Waals surface area contributed by atoms with Gasteiger partial charge in [-0.05, 0) is 25.7 Å². The van der Waals surface area contributed by atoms with Gasteiger partial charge in [-0.1, -0.05) is 13.3 Å². The minimum absolute atomic E-state index is 0.133. The number of β-amino-alcohol motifs (C(OH)–C–C–N with tert-alkyl or cyclic N) is 1. The van der Waals surface area contributed by atoms with E-state index in [-0.39, 0.29) is 11.6 Å². The standard InChI is InChI=1S/C11H21NO2/c1-2-3-4-14-10-6-11(7-10)5-9(13)8-12-11/h9-10,12-13H,2-8H2,1H3. The van der Waals surface area contributed by atoms with Crippen molar-refractivity contribution in [2.24, 2.45) is 0 Å². The zero-order valence-electron chi connectivity index (χ0n) is 8.96. The Balaban J connectivity index is 1.64. The van der Waals surface area contributed by atoms with Crippen LogP contribution in [0.2, 0.25) is 0 Å². The zero-order valence-corrected chi connectivity index (χ0v) is 8.96. The van der Waals surface area contributed by atoms with E-state index in [2.05, 4.69) is 12.2 Å². The second kappa shape index (κ2) is 4.17. The minimum Gasteiger partial charge on any atom is -0.392 e. The highest BCUT2D eigenvalue weighted by Gasteiger charge is 2.48. The van der Waals surface area contributed by atoms with Gasteiger partial charge in [0.25, 0.3) is 0 Å². The summed E-state index contributed by atoms with van der Waals surface area (Å²) in [6, 6.07) is 0. The van der Waals surface area contributed by atoms with Crippen LogP contribution in [0.4, 0.5) is 0 Å². The Morgan fingerprint density at radius 3 is 2.79 bits per heavy atom. The normalized spacial score (nSPS) is 41.6. The minimum atomic E-state index is -0.133. The van der Waals surface area contributed by atoms with E-state index in [0.717, 1.165) is 32.4 Å². The van der Waals surface area contributed by atoms with Crippen molar-refractivity contribution < 1.29 is 9.84 Å². The molecule has 3 heteroatoms. The predicted molar refractivity (Wildman–Crippen MR) is 55.2 cm³/mol. The highest BCUT2D eigenvalue weighted by Crippen LogP contribution is 2.40. The van der Waals surface area contributed by atoms with Crippen molar-refractivity contribution in [1.29, 1.82) is 0 Å². The summed E-state index contributed by atoms with van der Waals surface area (Å²) in [5.74, 6) is 0. The summed E-state index contributed by atoms with van der Waals surface area (Å²) in [6.07, 6.45) is 5.78. The van der Waals surface area contributed by atoms with Gasteiger partial charge in [-0.15, -0.1) is 0 Å². The number of nitrogens with one attached hydrogen (secondary N) is 1. The second-order valence-corrected chi connectivity index (χ2v) is 4.77. The predicted octanol–water partition coefficient (Wildman–Crippen LogP) is 1.06. The van der Waals surface area contributed by atoms with Crippen LogP contribution < -0.4 is 5.32 Å². The molecule has 3 nitrogen and oxygen atoms in total. The first-order chi connectivity index (χ1) is 6.74. The fourth-order valence-corrected chi connectivity index (χ4v) is 2.56. The molecule has 0 aromatic rings. The van der Waals surface area contributed by atoms with E-state index in [1.165, 1.54) is 12.8 Å². The summed E-state index contributed by atoms with van der Waals surface area (Å²) in [5.41, 5.74) is 0.232. The molecule has 2 aliphatic rings. The molecule has 0 radical (unpaired) electrons. The fourth-order valence-electron chi connectivity index (χ4n) is 2.56. The molecule has 1 aliphatic heterocycles. The third-order valence-corrected chi connectivity index (χ3v) is 3.43. The molecule has 1 unspecified atom stereocenters. The van der Waals surface area contributed by atoms with Crippen molar-refractivity contribution in [1.82, 2.24) is 5.32 Å². The van der Waals surface area contributed by atoms with Crippen molar-refractivity contribution in [3.05, 3.63) is 0 Å². The lowest BCUT2D eigenvalue weighted by atomic mass is 9.73. The van der Waals surface area contributed by atoms with Crippen LogP contribution >= 0.6 is 0 Å². The van der Waals surface area contributed by atoms with Crippen LogP contribution in [0, 0.1) is 0 Å². The lowest BCUT2D eigenvalue weighted by Crippen LogP contribution is -2.54. The third kappa shape index (κ3) is 2.10. The fraction of sp³-hybridized carbons (Fsp3) is 1.00. The van der Waals surface area contributed by atoms with E-state index < -0.39 is 0 Å². The van der Waals surface area contributed by atoms with Gasteiger partial charge in [0.2, 0.25) is 0 Å². The number of hydrogen-bond donors (Lipinski definition) is 2. The number of unbranched alkanes of at least 4 members (excludes halogenated alkanes) is 1. The van der Waals surface area contributed by atoms with Gasteiger partial charge in [0.05, 0.1) is 12.2 Å². The first-order valence-corrected chi connectivity index (χ1v) is 5.79. The molecule has 0 aromatic carbocycles. The first-order valence-electron chi connectivity index (χ1n) is 5.79. The molecule has 2 fully saturated rings. The molecule has 1 aliphatic carbocycles. The number of rotatable bonds is 4. The Morgan fingerprint density at radius 1 is 1.43 bits per heavy atom. The summed E-state index contributed by atoms with van der Waals surface area (Å²) in [7, 11) is 0. The van der Waals surface area contributed by atoms with Crippen LogP contribution in [-0.4, -0.2) is 36.0 Å². The van der Waals surface area contributed by atoms with Crippen molar-refractivity contribution >= 4 is 0 Å². The second-order valence-electron chi connectivity index (χ2n) is 4.77. The van der Waals surface area contributed by atoms with Gasteiger partial charge in [-0.25, -0.2) is 0 Å². The SMILES string of the molecule is CCCCOC1CC2(CC(O)CN2)C1. The van der Waals surface area contributed by atoms with Crippen molar-refractivity contribution in [2.75, 3.05) is 13.2 Å². The molecule has 1 spiro atoms. The molecule has 1 heterocycles. The first kappa shape index (κ1) is 10.4. The summed E-state index contributed by atoms with van der Waals surface area (Å²) in [5, 5.41) is 12.8. The number of ether oxygens (including phenoxy) is 1. The Bertz CT molecular complexity index is 190. The van der Waals surface area contributed by atoms with Gasteiger partial charge in [-0.3, -0.25) is 0 Å². The van der Waals surface area contributed by atoms with Crippen molar-refractivity contribution in [3.8, 4) is 0 Å². The van der Waals surface area contributed by atoms with E-state index in [4.69, 9.17) is 4.74 Å². The van der Waals surface area contributed by atoms with E-state index in [9.17, 15) is 5.11 Å². The van der Waals surface area contributed by atoms with E-state index in [0.29, 0.717) is 6.10 Å². The molecule has 2 N–H and O–H groups in total. The highest BCUT2D eigenvalue weighted by molar-refractivity contribution is 5.07. The smallest absolute Gasteiger partial charge is 0.0682 e. The Labute approximate surface area is 85.8 Å². The average Bonchev–Trinajstić information content (AvgIpc) is 2.47. The lowest BCUT2D eigenvalue weighted by Gasteiger charge is -2.45. The molecule has 1 saturated heterocycles. The number of aliphatic hydroxyl groups is 1. The molecular weight excluding hydrogens is 178 g/mol. The van der Waals surface area contributed by atoms with Gasteiger partial charge in [0, 0.05) is 18.7 Å². The molecule has 0 bridgehead atoms. The summed E-state index contributed by atoms with van der Waals surface area (Å²) >= 11 is 0. The van der Waals surface area contributed by atoms with E-state index >= 15 is 0 Å². The molecular formula is C11H21NO2. The Kier molecular flexibility index (Phi) is 3.10. The van der Waals surface area contributed by atoms with Gasteiger partial charge in [-0.2, -0.15) is 0 Å². The van der Waals surface area contributed by atoms with Crippen molar-refractivity contribution in [2.45, 2.75) is 56.8 Å². The van der Waals surface area contributed by atoms with Gasteiger partial charge in [0.1, 0.15) is 0 Å². The molecule has 82 valence electrons.